The van der Waals surface area contributed by atoms with Gasteiger partial charge >= 0.3 is 0 Å². The molecule has 0 aliphatic rings. The number of thioether (sulfide) groups is 1. The second-order valence-corrected chi connectivity index (χ2v) is 9.09. The van der Waals surface area contributed by atoms with Gasteiger partial charge in [-0.15, -0.1) is 0 Å². The molecule has 0 aliphatic heterocycles. The van der Waals surface area contributed by atoms with E-state index in [-0.39, 0.29) is 28.0 Å². The minimum absolute atomic E-state index is 0.0172. The lowest BCUT2D eigenvalue weighted by Crippen LogP contribution is -2.27. The molecule has 36 heavy (non-hydrogen) atoms. The molecule has 0 unspecified atom stereocenters. The van der Waals surface area contributed by atoms with Gasteiger partial charge in [-0.3, -0.25) is 19.0 Å². The van der Waals surface area contributed by atoms with Gasteiger partial charge in [-0.1, -0.05) is 35.5 Å². The number of halogens is 2. The van der Waals surface area contributed by atoms with Crippen LogP contribution in [-0.2, 0) is 4.74 Å². The summed E-state index contributed by atoms with van der Waals surface area (Å²) in [5.41, 5.74) is 1.05. The van der Waals surface area contributed by atoms with Crippen LogP contribution in [0.3, 0.4) is 0 Å². The molecule has 4 aromatic rings. The number of carbonyl (C=O) groups excluding carboxylic acids is 2. The molecule has 0 atom stereocenters. The molecule has 0 saturated carbocycles. The highest BCUT2D eigenvalue weighted by Crippen LogP contribution is 2.24. The van der Waals surface area contributed by atoms with Crippen LogP contribution in [0.2, 0.25) is 5.02 Å². The fourth-order valence-electron chi connectivity index (χ4n) is 3.47. The number of carbonyl (C=O) groups is 2. The van der Waals surface area contributed by atoms with Crippen molar-refractivity contribution in [3.05, 3.63) is 99.1 Å². The highest BCUT2D eigenvalue weighted by atomic mass is 35.5. The van der Waals surface area contributed by atoms with E-state index in [0.717, 1.165) is 11.8 Å². The van der Waals surface area contributed by atoms with Gasteiger partial charge in [0.15, 0.2) is 10.9 Å². The number of hydrogen-bond donors (Lipinski definition) is 1. The van der Waals surface area contributed by atoms with E-state index in [1.807, 2.05) is 0 Å². The van der Waals surface area contributed by atoms with E-state index in [1.165, 1.54) is 54.1 Å². The number of methoxy groups -OCH3 is 1. The standard InChI is InChI=1S/C26H21ClFN3O4S/c1-35-12-11-29-24(33)17-5-10-21-22(14-17)30-26(31(25(21)34)20-8-6-19(28)7-9-20)36-15-23(32)16-3-2-4-18(27)13-16/h2-10,13-14H,11-12,15H2,1H3,(H,29,33). The molecule has 0 aliphatic carbocycles. The molecule has 1 N–H and O–H groups in total. The summed E-state index contributed by atoms with van der Waals surface area (Å²) < 4.78 is 19.8. The van der Waals surface area contributed by atoms with Crippen molar-refractivity contribution in [2.75, 3.05) is 26.0 Å². The molecule has 0 bridgehead atoms. The van der Waals surface area contributed by atoms with Crippen LogP contribution < -0.4 is 10.9 Å². The average molecular weight is 526 g/mol. The van der Waals surface area contributed by atoms with Crippen molar-refractivity contribution < 1.29 is 18.7 Å². The van der Waals surface area contributed by atoms with Crippen molar-refractivity contribution in [2.24, 2.45) is 0 Å². The maximum Gasteiger partial charge on any atom is 0.266 e. The first-order valence-electron chi connectivity index (χ1n) is 10.9. The lowest BCUT2D eigenvalue weighted by molar-refractivity contribution is 0.0936. The van der Waals surface area contributed by atoms with E-state index in [1.54, 1.807) is 24.3 Å². The van der Waals surface area contributed by atoms with E-state index >= 15 is 0 Å². The maximum atomic E-state index is 13.6. The Hall–Kier alpha value is -3.53. The van der Waals surface area contributed by atoms with Gasteiger partial charge in [0.2, 0.25) is 0 Å². The molecule has 1 heterocycles. The lowest BCUT2D eigenvalue weighted by atomic mass is 10.1. The molecule has 0 saturated heterocycles. The van der Waals surface area contributed by atoms with Crippen LogP contribution in [0.5, 0.6) is 0 Å². The zero-order valence-electron chi connectivity index (χ0n) is 19.2. The molecular formula is C26H21ClFN3O4S. The first-order chi connectivity index (χ1) is 17.4. The number of Topliss-reactive ketones (excluding diaryl/α,β-unsaturated/α-hetero) is 1. The highest BCUT2D eigenvalue weighted by Gasteiger charge is 2.17. The number of hydrogen-bond acceptors (Lipinski definition) is 6. The number of benzene rings is 3. The second-order valence-electron chi connectivity index (χ2n) is 7.71. The quantitative estimate of drug-likeness (QED) is 0.149. The Morgan fingerprint density at radius 3 is 2.58 bits per heavy atom. The van der Waals surface area contributed by atoms with Crippen molar-refractivity contribution in [1.82, 2.24) is 14.9 Å². The van der Waals surface area contributed by atoms with Gasteiger partial charge in [0, 0.05) is 29.8 Å². The third-order valence-electron chi connectivity index (χ3n) is 5.26. The number of ether oxygens (including phenoxy) is 1. The number of ketones is 1. The first kappa shape index (κ1) is 25.6. The molecule has 7 nitrogen and oxygen atoms in total. The molecule has 4 rings (SSSR count). The van der Waals surface area contributed by atoms with Crippen molar-refractivity contribution in [2.45, 2.75) is 5.16 Å². The summed E-state index contributed by atoms with van der Waals surface area (Å²) in [6.07, 6.45) is 0. The van der Waals surface area contributed by atoms with E-state index in [2.05, 4.69) is 10.3 Å². The third-order valence-corrected chi connectivity index (χ3v) is 6.43. The fraction of sp³-hybridized carbons (Fsp3) is 0.154. The van der Waals surface area contributed by atoms with E-state index in [9.17, 15) is 18.8 Å². The van der Waals surface area contributed by atoms with Crippen molar-refractivity contribution in [3.63, 3.8) is 0 Å². The Balaban J connectivity index is 1.74. The smallest absolute Gasteiger partial charge is 0.266 e. The topological polar surface area (TPSA) is 90.3 Å². The first-order valence-corrected chi connectivity index (χ1v) is 12.2. The predicted molar refractivity (Wildman–Crippen MR) is 138 cm³/mol. The van der Waals surface area contributed by atoms with Crippen LogP contribution >= 0.6 is 23.4 Å². The zero-order chi connectivity index (χ0) is 25.7. The van der Waals surface area contributed by atoms with Crippen molar-refractivity contribution in [1.29, 1.82) is 0 Å². The maximum absolute atomic E-state index is 13.6. The number of amides is 1. The minimum Gasteiger partial charge on any atom is -0.383 e. The Labute approximate surface area is 215 Å². The fourth-order valence-corrected chi connectivity index (χ4v) is 4.56. The molecule has 3 aromatic carbocycles. The van der Waals surface area contributed by atoms with Gasteiger partial charge in [-0.2, -0.15) is 0 Å². The number of rotatable bonds is 9. The van der Waals surface area contributed by atoms with Crippen LogP contribution in [0.25, 0.3) is 16.6 Å². The molecule has 0 fully saturated rings. The molecule has 10 heteroatoms. The van der Waals surface area contributed by atoms with Crippen LogP contribution in [-0.4, -0.2) is 47.3 Å². The van der Waals surface area contributed by atoms with Crippen LogP contribution in [0.1, 0.15) is 20.7 Å². The van der Waals surface area contributed by atoms with E-state index in [4.69, 9.17) is 16.3 Å². The van der Waals surface area contributed by atoms with Crippen LogP contribution in [0.4, 0.5) is 4.39 Å². The molecule has 0 spiro atoms. The summed E-state index contributed by atoms with van der Waals surface area (Å²) in [5.74, 6) is -0.996. The van der Waals surface area contributed by atoms with Gasteiger partial charge in [-0.25, -0.2) is 9.37 Å². The largest absolute Gasteiger partial charge is 0.383 e. The number of nitrogens with zero attached hydrogens (tertiary/aromatic N) is 2. The summed E-state index contributed by atoms with van der Waals surface area (Å²) >= 11 is 7.07. The minimum atomic E-state index is -0.449. The van der Waals surface area contributed by atoms with Crippen molar-refractivity contribution >= 4 is 46.0 Å². The van der Waals surface area contributed by atoms with Gasteiger partial charge < -0.3 is 10.1 Å². The monoisotopic (exact) mass is 525 g/mol. The summed E-state index contributed by atoms with van der Waals surface area (Å²) in [6, 6.07) is 16.6. The van der Waals surface area contributed by atoms with Gasteiger partial charge in [0.1, 0.15) is 5.82 Å². The number of fused-ring (bicyclic) bond motifs is 1. The Morgan fingerprint density at radius 1 is 1.08 bits per heavy atom. The summed E-state index contributed by atoms with van der Waals surface area (Å²) in [5, 5.41) is 3.67. The van der Waals surface area contributed by atoms with Crippen molar-refractivity contribution in [3.8, 4) is 5.69 Å². The summed E-state index contributed by atoms with van der Waals surface area (Å²) in [7, 11) is 1.54. The highest BCUT2D eigenvalue weighted by molar-refractivity contribution is 7.99. The predicted octanol–water partition coefficient (Wildman–Crippen LogP) is 4.53. The molecule has 1 aromatic heterocycles. The van der Waals surface area contributed by atoms with Gasteiger partial charge in [0.05, 0.1) is 29.0 Å². The average Bonchev–Trinajstić information content (AvgIpc) is 2.88. The second kappa shape index (κ2) is 11.5. The van der Waals surface area contributed by atoms with E-state index < -0.39 is 11.4 Å². The SMILES string of the molecule is COCCNC(=O)c1ccc2c(=O)n(-c3ccc(F)cc3)c(SCC(=O)c3cccc(Cl)c3)nc2c1. The van der Waals surface area contributed by atoms with Crippen LogP contribution in [0.15, 0.2) is 76.7 Å². The molecule has 1 amide bonds. The third kappa shape index (κ3) is 5.81. The summed E-state index contributed by atoms with van der Waals surface area (Å²) in [4.78, 5) is 43.3. The van der Waals surface area contributed by atoms with Gasteiger partial charge in [-0.05, 0) is 54.6 Å². The number of nitrogens with one attached hydrogen (secondary N) is 1. The molecular weight excluding hydrogens is 505 g/mol. The van der Waals surface area contributed by atoms with Crippen LogP contribution in [0, 0.1) is 5.82 Å². The molecule has 0 radical (unpaired) electrons. The Bertz CT molecular complexity index is 1490. The van der Waals surface area contributed by atoms with E-state index in [0.29, 0.717) is 40.5 Å². The Morgan fingerprint density at radius 2 is 1.86 bits per heavy atom. The number of aromatic nitrogens is 2. The summed E-state index contributed by atoms with van der Waals surface area (Å²) in [6.45, 7) is 0.696. The van der Waals surface area contributed by atoms with Gasteiger partial charge in [0.25, 0.3) is 11.5 Å². The molecule has 184 valence electrons. The Kier molecular flexibility index (Phi) is 8.14. The lowest BCUT2D eigenvalue weighted by Gasteiger charge is -2.14. The normalized spacial score (nSPS) is 11.0. The zero-order valence-corrected chi connectivity index (χ0v) is 20.7.